The van der Waals surface area contributed by atoms with Crippen LogP contribution >= 0.6 is 23.2 Å². The third kappa shape index (κ3) is 3.49. The normalized spacial score (nSPS) is 11.3. The fourth-order valence-electron chi connectivity index (χ4n) is 2.61. The Kier molecular flexibility index (Phi) is 5.11. The highest BCUT2D eigenvalue weighted by Gasteiger charge is 2.09. The number of aryl methyl sites for hydroxylation is 1. The number of carbonyl (C=O) groups is 1. The molecule has 26 heavy (non-hydrogen) atoms. The van der Waals surface area contributed by atoms with Crippen molar-refractivity contribution in [1.82, 2.24) is 9.55 Å². The van der Waals surface area contributed by atoms with E-state index < -0.39 is 5.97 Å². The molecule has 1 heterocycles. The summed E-state index contributed by atoms with van der Waals surface area (Å²) >= 11 is 11.9. The molecule has 7 heteroatoms. The van der Waals surface area contributed by atoms with Gasteiger partial charge in [0.05, 0.1) is 27.0 Å². The van der Waals surface area contributed by atoms with Gasteiger partial charge < -0.3 is 14.5 Å². The summed E-state index contributed by atoms with van der Waals surface area (Å²) < 4.78 is 1.54. The number of aromatic nitrogens is 2. The zero-order valence-corrected chi connectivity index (χ0v) is 15.2. The summed E-state index contributed by atoms with van der Waals surface area (Å²) in [6.07, 6.45) is 3.26. The Balaban J connectivity index is 2.13. The smallest absolute Gasteiger partial charge is 0.276 e. The molecule has 0 aliphatic carbocycles. The number of halogens is 2. The lowest BCUT2D eigenvalue weighted by Crippen LogP contribution is -2.25. The standard InChI is InChI=1S/C19H14Cl2N2O3/c1-2-23-17-8-5-12(19(25)26)10-16(17)22-15(18(23)24)7-4-11-3-6-13(20)14(21)9-11/h3-10H,2H2,1H3,(H,25,26)/p-1/b7-4+. The summed E-state index contributed by atoms with van der Waals surface area (Å²) in [5.74, 6) is -1.30. The van der Waals surface area contributed by atoms with E-state index in [4.69, 9.17) is 23.2 Å². The Morgan fingerprint density at radius 2 is 1.92 bits per heavy atom. The third-order valence-electron chi connectivity index (χ3n) is 3.90. The van der Waals surface area contributed by atoms with Crippen LogP contribution in [0.15, 0.2) is 41.2 Å². The number of nitrogens with zero attached hydrogens (tertiary/aromatic N) is 2. The monoisotopic (exact) mass is 387 g/mol. The molecule has 0 N–H and O–H groups in total. The first-order chi connectivity index (χ1) is 12.4. The van der Waals surface area contributed by atoms with Crippen molar-refractivity contribution >= 4 is 52.4 Å². The van der Waals surface area contributed by atoms with Gasteiger partial charge in [-0.3, -0.25) is 4.79 Å². The van der Waals surface area contributed by atoms with Crippen LogP contribution in [0.2, 0.25) is 10.0 Å². The van der Waals surface area contributed by atoms with Crippen molar-refractivity contribution in [1.29, 1.82) is 0 Å². The SMILES string of the molecule is CCn1c(=O)c(/C=C/c2ccc(Cl)c(Cl)c2)nc2cc(C(=O)[O-])ccc21. The number of carboxylic acids is 1. The van der Waals surface area contributed by atoms with Crippen molar-refractivity contribution in [2.75, 3.05) is 0 Å². The second kappa shape index (κ2) is 7.32. The Morgan fingerprint density at radius 1 is 1.15 bits per heavy atom. The summed E-state index contributed by atoms with van der Waals surface area (Å²) in [4.78, 5) is 28.0. The number of benzene rings is 2. The molecular formula is C19H13Cl2N2O3-. The Bertz CT molecular complexity index is 1100. The fourth-order valence-corrected chi connectivity index (χ4v) is 2.91. The van der Waals surface area contributed by atoms with Gasteiger partial charge in [-0.25, -0.2) is 4.98 Å². The van der Waals surface area contributed by atoms with Crippen molar-refractivity contribution in [3.05, 3.63) is 73.6 Å². The van der Waals surface area contributed by atoms with Crippen molar-refractivity contribution in [3.8, 4) is 0 Å². The molecule has 0 aliphatic heterocycles. The minimum Gasteiger partial charge on any atom is -0.545 e. The van der Waals surface area contributed by atoms with Crippen molar-refractivity contribution in [2.45, 2.75) is 13.5 Å². The molecule has 5 nitrogen and oxygen atoms in total. The average molecular weight is 388 g/mol. The Morgan fingerprint density at radius 3 is 2.58 bits per heavy atom. The number of hydrogen-bond acceptors (Lipinski definition) is 4. The van der Waals surface area contributed by atoms with E-state index in [-0.39, 0.29) is 16.8 Å². The molecule has 3 rings (SSSR count). The molecule has 0 fully saturated rings. The van der Waals surface area contributed by atoms with E-state index in [1.807, 2.05) is 6.92 Å². The Hall–Kier alpha value is -2.63. The van der Waals surface area contributed by atoms with Crippen molar-refractivity contribution in [2.24, 2.45) is 0 Å². The molecule has 0 atom stereocenters. The summed E-state index contributed by atoms with van der Waals surface area (Å²) in [5, 5.41) is 11.9. The first-order valence-corrected chi connectivity index (χ1v) is 8.55. The topological polar surface area (TPSA) is 75.0 Å². The lowest BCUT2D eigenvalue weighted by atomic mass is 10.1. The minimum atomic E-state index is -1.30. The quantitative estimate of drug-likeness (QED) is 0.688. The third-order valence-corrected chi connectivity index (χ3v) is 4.64. The van der Waals surface area contributed by atoms with Crippen LogP contribution in [0.4, 0.5) is 0 Å². The maximum absolute atomic E-state index is 12.6. The van der Waals surface area contributed by atoms with Gasteiger partial charge in [-0.1, -0.05) is 41.4 Å². The predicted molar refractivity (Wildman–Crippen MR) is 101 cm³/mol. The highest BCUT2D eigenvalue weighted by Crippen LogP contribution is 2.23. The van der Waals surface area contributed by atoms with E-state index in [0.29, 0.717) is 27.6 Å². The van der Waals surface area contributed by atoms with Gasteiger partial charge in [0.1, 0.15) is 5.69 Å². The van der Waals surface area contributed by atoms with Crippen molar-refractivity contribution < 1.29 is 9.90 Å². The van der Waals surface area contributed by atoms with Crippen LogP contribution in [-0.2, 0) is 6.54 Å². The van der Waals surface area contributed by atoms with Crippen LogP contribution in [0.5, 0.6) is 0 Å². The zero-order valence-electron chi connectivity index (χ0n) is 13.7. The van der Waals surface area contributed by atoms with Gasteiger partial charge in [0.25, 0.3) is 5.56 Å². The highest BCUT2D eigenvalue weighted by atomic mass is 35.5. The molecule has 0 bridgehead atoms. The number of fused-ring (bicyclic) bond motifs is 1. The number of hydrogen-bond donors (Lipinski definition) is 0. The van der Waals surface area contributed by atoms with Crippen LogP contribution in [0.3, 0.4) is 0 Å². The number of rotatable bonds is 4. The minimum absolute atomic E-state index is 0.00529. The number of carbonyl (C=O) groups excluding carboxylic acids is 1. The van der Waals surface area contributed by atoms with Crippen LogP contribution in [-0.4, -0.2) is 15.5 Å². The summed E-state index contributed by atoms with van der Waals surface area (Å²) in [6.45, 7) is 2.26. The predicted octanol–water partition coefficient (Wildman–Crippen LogP) is 3.26. The van der Waals surface area contributed by atoms with E-state index in [1.165, 1.54) is 16.7 Å². The summed E-state index contributed by atoms with van der Waals surface area (Å²) in [6, 6.07) is 9.45. The maximum Gasteiger partial charge on any atom is 0.276 e. The second-order valence-electron chi connectivity index (χ2n) is 5.54. The van der Waals surface area contributed by atoms with Gasteiger partial charge in [-0.2, -0.15) is 0 Å². The first-order valence-electron chi connectivity index (χ1n) is 7.79. The lowest BCUT2D eigenvalue weighted by molar-refractivity contribution is -0.255. The lowest BCUT2D eigenvalue weighted by Gasteiger charge is -2.10. The highest BCUT2D eigenvalue weighted by molar-refractivity contribution is 6.42. The molecule has 0 radical (unpaired) electrons. The largest absolute Gasteiger partial charge is 0.545 e. The van der Waals surface area contributed by atoms with E-state index in [1.54, 1.807) is 36.4 Å². The molecular weight excluding hydrogens is 375 g/mol. The van der Waals surface area contributed by atoms with Gasteiger partial charge in [0, 0.05) is 6.54 Å². The van der Waals surface area contributed by atoms with Gasteiger partial charge in [-0.15, -0.1) is 0 Å². The number of carboxylic acid groups (broad SMARTS) is 1. The molecule has 3 aromatic rings. The van der Waals surface area contributed by atoms with E-state index in [9.17, 15) is 14.7 Å². The molecule has 0 spiro atoms. The van der Waals surface area contributed by atoms with Gasteiger partial charge >= 0.3 is 0 Å². The maximum atomic E-state index is 12.6. The zero-order chi connectivity index (χ0) is 18.8. The molecule has 0 saturated carbocycles. The Labute approximate surface area is 159 Å². The second-order valence-corrected chi connectivity index (χ2v) is 6.36. The van der Waals surface area contributed by atoms with E-state index in [0.717, 1.165) is 5.56 Å². The van der Waals surface area contributed by atoms with Crippen LogP contribution < -0.4 is 10.7 Å². The van der Waals surface area contributed by atoms with Gasteiger partial charge in [-0.05, 0) is 48.4 Å². The number of aromatic carboxylic acids is 1. The van der Waals surface area contributed by atoms with E-state index in [2.05, 4.69) is 4.98 Å². The van der Waals surface area contributed by atoms with Crippen molar-refractivity contribution in [3.63, 3.8) is 0 Å². The molecule has 0 saturated heterocycles. The van der Waals surface area contributed by atoms with Crippen LogP contribution in [0.25, 0.3) is 23.2 Å². The fraction of sp³-hybridized carbons (Fsp3) is 0.105. The summed E-state index contributed by atoms with van der Waals surface area (Å²) in [7, 11) is 0. The van der Waals surface area contributed by atoms with E-state index >= 15 is 0 Å². The molecule has 0 aliphatic rings. The van der Waals surface area contributed by atoms with Crippen LogP contribution in [0.1, 0.15) is 28.5 Å². The molecule has 132 valence electrons. The summed E-state index contributed by atoms with van der Waals surface area (Å²) in [5.41, 5.74) is 1.66. The molecule has 2 aromatic carbocycles. The van der Waals surface area contributed by atoms with Crippen LogP contribution in [0, 0.1) is 0 Å². The van der Waals surface area contributed by atoms with Gasteiger partial charge in [0.2, 0.25) is 0 Å². The molecule has 0 unspecified atom stereocenters. The van der Waals surface area contributed by atoms with Gasteiger partial charge in [0.15, 0.2) is 0 Å². The molecule has 0 amide bonds. The molecule has 1 aromatic heterocycles. The average Bonchev–Trinajstić information content (AvgIpc) is 2.62. The first kappa shape index (κ1) is 18.2.